The van der Waals surface area contributed by atoms with Crippen molar-refractivity contribution in [3.8, 4) is 0 Å². The van der Waals surface area contributed by atoms with Gasteiger partial charge in [-0.05, 0) is 19.3 Å². The summed E-state index contributed by atoms with van der Waals surface area (Å²) < 4.78 is 27.7. The molecule has 1 saturated carbocycles. The Morgan fingerprint density at radius 1 is 1.46 bits per heavy atom. The number of hydrogen-bond acceptors (Lipinski definition) is 3. The van der Waals surface area contributed by atoms with Gasteiger partial charge in [0, 0.05) is 18.6 Å². The van der Waals surface area contributed by atoms with Crippen molar-refractivity contribution in [2.45, 2.75) is 31.7 Å². The molecule has 5 nitrogen and oxygen atoms in total. The highest BCUT2D eigenvalue weighted by Gasteiger charge is 2.44. The molecule has 0 amide bonds. The summed E-state index contributed by atoms with van der Waals surface area (Å²) in [6.45, 7) is 2.76. The summed E-state index contributed by atoms with van der Waals surface area (Å²) >= 11 is 0. The van der Waals surface area contributed by atoms with Crippen molar-refractivity contribution in [2.75, 3.05) is 13.1 Å². The number of rotatable bonds is 6. The zero-order valence-electron chi connectivity index (χ0n) is 7.84. The van der Waals surface area contributed by atoms with Gasteiger partial charge in [0.2, 0.25) is 0 Å². The summed E-state index contributed by atoms with van der Waals surface area (Å²) in [5, 5.41) is 0. The Labute approximate surface area is 79.3 Å². The van der Waals surface area contributed by atoms with Gasteiger partial charge in [0.1, 0.15) is 0 Å². The molecular weight excluding hydrogens is 190 g/mol. The number of nitrogens with one attached hydrogen (secondary N) is 2. The van der Waals surface area contributed by atoms with E-state index in [9.17, 15) is 8.42 Å². The van der Waals surface area contributed by atoms with Gasteiger partial charge >= 0.3 is 0 Å². The molecule has 0 atom stereocenters. The lowest BCUT2D eigenvalue weighted by molar-refractivity contribution is 0.532. The molecule has 4 N–H and O–H groups in total. The van der Waals surface area contributed by atoms with E-state index in [-0.39, 0.29) is 5.54 Å². The number of hydrogen-bond donors (Lipinski definition) is 3. The Bertz CT molecular complexity index is 259. The third-order valence-corrected chi connectivity index (χ3v) is 3.42. The van der Waals surface area contributed by atoms with Crippen LogP contribution >= 0.6 is 0 Å². The van der Waals surface area contributed by atoms with Crippen LogP contribution in [0.25, 0.3) is 0 Å². The van der Waals surface area contributed by atoms with Crippen LogP contribution in [0.2, 0.25) is 0 Å². The van der Waals surface area contributed by atoms with Gasteiger partial charge in [-0.25, -0.2) is 4.72 Å². The molecule has 6 heteroatoms. The molecular formula is C7H17N3O2S. The first-order valence-electron chi connectivity index (χ1n) is 4.52. The van der Waals surface area contributed by atoms with E-state index in [1.807, 2.05) is 6.92 Å². The maximum Gasteiger partial charge on any atom is 0.277 e. The highest BCUT2D eigenvalue weighted by atomic mass is 32.2. The van der Waals surface area contributed by atoms with E-state index >= 15 is 0 Å². The fraction of sp³-hybridized carbons (Fsp3) is 1.00. The van der Waals surface area contributed by atoms with E-state index in [1.165, 1.54) is 0 Å². The largest absolute Gasteiger partial charge is 0.329 e. The van der Waals surface area contributed by atoms with Gasteiger partial charge < -0.3 is 5.73 Å². The summed E-state index contributed by atoms with van der Waals surface area (Å²) in [6.07, 6.45) is 2.48. The van der Waals surface area contributed by atoms with Crippen molar-refractivity contribution in [3.63, 3.8) is 0 Å². The molecule has 1 fully saturated rings. The molecule has 1 aliphatic rings. The first-order chi connectivity index (χ1) is 6.04. The lowest BCUT2D eigenvalue weighted by Crippen LogP contribution is -2.47. The predicted octanol–water partition coefficient (Wildman–Crippen LogP) is -0.688. The second-order valence-electron chi connectivity index (χ2n) is 3.48. The molecule has 0 heterocycles. The third-order valence-electron chi connectivity index (χ3n) is 2.14. The molecule has 0 bridgehead atoms. The van der Waals surface area contributed by atoms with Gasteiger partial charge in [-0.1, -0.05) is 6.92 Å². The van der Waals surface area contributed by atoms with Crippen LogP contribution in [0.5, 0.6) is 0 Å². The van der Waals surface area contributed by atoms with Crippen LogP contribution in [-0.4, -0.2) is 27.0 Å². The summed E-state index contributed by atoms with van der Waals surface area (Å²) in [5.41, 5.74) is 5.10. The van der Waals surface area contributed by atoms with Crippen LogP contribution in [-0.2, 0) is 10.2 Å². The first-order valence-corrected chi connectivity index (χ1v) is 6.00. The molecule has 0 saturated heterocycles. The van der Waals surface area contributed by atoms with Crippen molar-refractivity contribution >= 4 is 10.2 Å². The van der Waals surface area contributed by atoms with E-state index in [0.29, 0.717) is 13.1 Å². The fourth-order valence-electron chi connectivity index (χ4n) is 1.06. The molecule has 0 unspecified atom stereocenters. The molecule has 0 aliphatic heterocycles. The molecule has 1 rings (SSSR count). The minimum atomic E-state index is -3.33. The molecule has 0 aromatic carbocycles. The molecule has 1 aliphatic carbocycles. The van der Waals surface area contributed by atoms with Crippen molar-refractivity contribution < 1.29 is 8.42 Å². The van der Waals surface area contributed by atoms with E-state index in [0.717, 1.165) is 19.3 Å². The zero-order valence-corrected chi connectivity index (χ0v) is 8.65. The molecule has 0 radical (unpaired) electrons. The van der Waals surface area contributed by atoms with Crippen LogP contribution in [0.4, 0.5) is 0 Å². The van der Waals surface area contributed by atoms with Gasteiger partial charge in [0.15, 0.2) is 0 Å². The van der Waals surface area contributed by atoms with E-state index in [1.54, 1.807) is 0 Å². The maximum absolute atomic E-state index is 11.3. The molecule has 0 spiro atoms. The first kappa shape index (κ1) is 10.9. The number of nitrogens with two attached hydrogens (primary N) is 1. The standard InChI is InChI=1S/C7H17N3O2S/c1-2-5-9-13(11,12)10-7(6-8)3-4-7/h9-10H,2-6,8H2,1H3. The van der Waals surface area contributed by atoms with Gasteiger partial charge in [0.25, 0.3) is 10.2 Å². The lowest BCUT2D eigenvalue weighted by Gasteiger charge is -2.15. The summed E-state index contributed by atoms with van der Waals surface area (Å²) in [4.78, 5) is 0. The molecule has 0 aromatic rings. The van der Waals surface area contributed by atoms with Crippen LogP contribution in [0.3, 0.4) is 0 Å². The van der Waals surface area contributed by atoms with E-state index in [4.69, 9.17) is 5.73 Å². The smallest absolute Gasteiger partial charge is 0.277 e. The quantitative estimate of drug-likeness (QED) is 0.539. The van der Waals surface area contributed by atoms with E-state index in [2.05, 4.69) is 9.44 Å². The lowest BCUT2D eigenvalue weighted by atomic mass is 10.3. The average Bonchev–Trinajstić information content (AvgIpc) is 2.81. The highest BCUT2D eigenvalue weighted by Crippen LogP contribution is 2.34. The Kier molecular flexibility index (Phi) is 3.28. The highest BCUT2D eigenvalue weighted by molar-refractivity contribution is 7.87. The normalized spacial score (nSPS) is 20.2. The molecule has 78 valence electrons. The van der Waals surface area contributed by atoms with Crippen LogP contribution < -0.4 is 15.2 Å². The van der Waals surface area contributed by atoms with Gasteiger partial charge in [0.05, 0.1) is 0 Å². The van der Waals surface area contributed by atoms with Gasteiger partial charge in [-0.15, -0.1) is 0 Å². The van der Waals surface area contributed by atoms with Crippen LogP contribution in [0.1, 0.15) is 26.2 Å². The van der Waals surface area contributed by atoms with Crippen LogP contribution in [0.15, 0.2) is 0 Å². The second kappa shape index (κ2) is 3.91. The Morgan fingerprint density at radius 2 is 2.08 bits per heavy atom. The third kappa shape index (κ3) is 3.22. The fourth-order valence-corrected chi connectivity index (χ4v) is 2.46. The summed E-state index contributed by atoms with van der Waals surface area (Å²) in [5.74, 6) is 0. The van der Waals surface area contributed by atoms with E-state index < -0.39 is 10.2 Å². The van der Waals surface area contributed by atoms with Gasteiger partial charge in [-0.2, -0.15) is 13.1 Å². The molecule has 0 aromatic heterocycles. The monoisotopic (exact) mass is 207 g/mol. The minimum Gasteiger partial charge on any atom is -0.329 e. The Hall–Kier alpha value is -0.170. The summed E-state index contributed by atoms with van der Waals surface area (Å²) in [6, 6.07) is 0. The Morgan fingerprint density at radius 3 is 2.46 bits per heavy atom. The van der Waals surface area contributed by atoms with Crippen molar-refractivity contribution in [1.82, 2.24) is 9.44 Å². The average molecular weight is 207 g/mol. The molecule has 13 heavy (non-hydrogen) atoms. The Balaban J connectivity index is 2.43. The minimum absolute atomic E-state index is 0.348. The zero-order chi connectivity index (χ0) is 9.95. The van der Waals surface area contributed by atoms with Crippen molar-refractivity contribution in [2.24, 2.45) is 5.73 Å². The topological polar surface area (TPSA) is 84.2 Å². The van der Waals surface area contributed by atoms with Gasteiger partial charge in [-0.3, -0.25) is 0 Å². The van der Waals surface area contributed by atoms with Crippen molar-refractivity contribution in [3.05, 3.63) is 0 Å². The second-order valence-corrected chi connectivity index (χ2v) is 4.98. The van der Waals surface area contributed by atoms with Crippen LogP contribution in [0, 0.1) is 0 Å². The SMILES string of the molecule is CCCNS(=O)(=O)NC1(CN)CC1. The maximum atomic E-state index is 11.3. The van der Waals surface area contributed by atoms with Crippen molar-refractivity contribution in [1.29, 1.82) is 0 Å². The summed E-state index contributed by atoms with van der Waals surface area (Å²) in [7, 11) is -3.33. The predicted molar refractivity (Wildman–Crippen MR) is 51.4 cm³/mol.